The predicted molar refractivity (Wildman–Crippen MR) is 53.6 cm³/mol. The zero-order chi connectivity index (χ0) is 11.0. The molecule has 2 heterocycles. The number of hydrogen-bond acceptors (Lipinski definition) is 4. The van der Waals surface area contributed by atoms with Crippen molar-refractivity contribution in [1.29, 1.82) is 0 Å². The topological polar surface area (TPSA) is 57.1 Å². The van der Waals surface area contributed by atoms with Gasteiger partial charge in [0.1, 0.15) is 5.91 Å². The normalized spacial score (nSPS) is 21.2. The third kappa shape index (κ3) is 1.50. The van der Waals surface area contributed by atoms with Crippen molar-refractivity contribution in [2.24, 2.45) is 4.99 Å². The number of benzene rings is 1. The van der Waals surface area contributed by atoms with Crippen molar-refractivity contribution in [2.75, 3.05) is 6.79 Å². The summed E-state index contributed by atoms with van der Waals surface area (Å²) in [7, 11) is 0. The zero-order valence-corrected chi connectivity index (χ0v) is 8.30. The first-order valence-corrected chi connectivity index (χ1v) is 4.87. The molecular weight excluding hydrogens is 210 g/mol. The van der Waals surface area contributed by atoms with Crippen LogP contribution in [0, 0.1) is 0 Å². The highest BCUT2D eigenvalue weighted by atomic mass is 16.7. The molecule has 0 fully saturated rings. The van der Waals surface area contributed by atoms with Gasteiger partial charge in [0.15, 0.2) is 11.5 Å². The van der Waals surface area contributed by atoms with E-state index in [9.17, 15) is 4.79 Å². The molecule has 5 heteroatoms. The Morgan fingerprint density at radius 2 is 2.25 bits per heavy atom. The number of amides is 1. The quantitative estimate of drug-likeness (QED) is 0.688. The van der Waals surface area contributed by atoms with E-state index in [4.69, 9.17) is 14.2 Å². The summed E-state index contributed by atoms with van der Waals surface area (Å²) < 4.78 is 15.4. The fourth-order valence-electron chi connectivity index (χ4n) is 1.67. The van der Waals surface area contributed by atoms with Crippen LogP contribution < -0.4 is 9.47 Å². The Morgan fingerprint density at radius 3 is 3.06 bits per heavy atom. The van der Waals surface area contributed by atoms with Crippen molar-refractivity contribution in [3.8, 4) is 11.5 Å². The molecule has 0 spiro atoms. The predicted octanol–water partition coefficient (Wildman–Crippen LogP) is 0.789. The Kier molecular flexibility index (Phi) is 2.02. The molecule has 0 aliphatic carbocycles. The zero-order valence-electron chi connectivity index (χ0n) is 8.30. The van der Waals surface area contributed by atoms with Crippen LogP contribution in [0.3, 0.4) is 0 Å². The molecule has 82 valence electrons. The Labute approximate surface area is 91.6 Å². The second-order valence-corrected chi connectivity index (χ2v) is 3.54. The van der Waals surface area contributed by atoms with Gasteiger partial charge in [-0.05, 0) is 17.7 Å². The van der Waals surface area contributed by atoms with Crippen LogP contribution in [0.2, 0.25) is 0 Å². The lowest BCUT2D eigenvalue weighted by molar-refractivity contribution is -0.122. The minimum Gasteiger partial charge on any atom is -0.577 e. The van der Waals surface area contributed by atoms with Crippen LogP contribution in [-0.4, -0.2) is 25.2 Å². The summed E-state index contributed by atoms with van der Waals surface area (Å²) in [5, 5.41) is 0. The Hall–Kier alpha value is -2.04. The van der Waals surface area contributed by atoms with Crippen LogP contribution in [0.25, 0.3) is 0 Å². The molecule has 0 bridgehead atoms. The molecule has 0 radical (unpaired) electrons. The number of carbonyl (C=O) groups excluding carboxylic acids is 1. The number of aliphatic imine (C=N–C) groups is 1. The van der Waals surface area contributed by atoms with Gasteiger partial charge in [0.05, 0.1) is 6.10 Å². The van der Waals surface area contributed by atoms with Gasteiger partial charge >= 0.3 is 0 Å². The number of rotatable bonds is 2. The number of hydrogen-bond donors (Lipinski definition) is 0. The molecule has 1 unspecified atom stereocenters. The molecule has 0 saturated carbocycles. The van der Waals surface area contributed by atoms with Crippen LogP contribution in [0.1, 0.15) is 5.56 Å². The first-order chi connectivity index (χ1) is 7.83. The molecule has 1 aromatic carbocycles. The van der Waals surface area contributed by atoms with Gasteiger partial charge in [-0.3, -0.25) is 0 Å². The lowest BCUT2D eigenvalue weighted by Gasteiger charge is -2.14. The molecule has 0 saturated heterocycles. The Bertz CT molecular complexity index is 469. The van der Waals surface area contributed by atoms with E-state index in [-0.39, 0.29) is 12.7 Å². The first kappa shape index (κ1) is 9.21. The maximum Gasteiger partial charge on any atom is 0.231 e. The van der Waals surface area contributed by atoms with Gasteiger partial charge < -0.3 is 24.0 Å². The van der Waals surface area contributed by atoms with E-state index in [2.05, 4.69) is 11.4 Å². The van der Waals surface area contributed by atoms with Crippen molar-refractivity contribution in [1.82, 2.24) is 0 Å². The monoisotopic (exact) mass is 218 g/mol. The minimum absolute atomic E-state index is 0.245. The standard InChI is InChI=1S/C11H8NO4/c13-11-10(14-5-12-11)4-7-1-2-8-9(3-7)16-6-15-8/h1-3,10H,4,6H2/q-1. The highest BCUT2D eigenvalue weighted by Gasteiger charge is 2.17. The molecule has 1 atom stereocenters. The number of carbonyl (C=O) groups is 1. The van der Waals surface area contributed by atoms with E-state index in [0.29, 0.717) is 12.2 Å². The molecule has 1 aromatic rings. The molecule has 3 rings (SSSR count). The highest BCUT2D eigenvalue weighted by molar-refractivity contribution is 5.91. The molecule has 2 aliphatic heterocycles. The third-order valence-electron chi connectivity index (χ3n) is 2.48. The van der Waals surface area contributed by atoms with Crippen LogP contribution in [-0.2, 0) is 16.0 Å². The van der Waals surface area contributed by atoms with Gasteiger partial charge in [-0.1, -0.05) is 6.07 Å². The summed E-state index contributed by atoms with van der Waals surface area (Å²) in [4.78, 5) is 14.6. The minimum atomic E-state index is -0.555. The van der Waals surface area contributed by atoms with Crippen molar-refractivity contribution in [3.63, 3.8) is 0 Å². The van der Waals surface area contributed by atoms with Gasteiger partial charge in [-0.25, -0.2) is 0 Å². The third-order valence-corrected chi connectivity index (χ3v) is 2.48. The second-order valence-electron chi connectivity index (χ2n) is 3.54. The number of nitrogens with zero attached hydrogens (tertiary/aromatic N) is 1. The van der Waals surface area contributed by atoms with Crippen molar-refractivity contribution >= 4 is 12.3 Å². The summed E-state index contributed by atoms with van der Waals surface area (Å²) in [6.45, 7) is 0.245. The summed E-state index contributed by atoms with van der Waals surface area (Å²) in [6.07, 6.45) is 2.12. The molecule has 2 aliphatic rings. The summed E-state index contributed by atoms with van der Waals surface area (Å²) in [6, 6.07) is 5.54. The molecule has 1 amide bonds. The van der Waals surface area contributed by atoms with Crippen LogP contribution in [0.15, 0.2) is 23.2 Å². The van der Waals surface area contributed by atoms with Crippen LogP contribution in [0.5, 0.6) is 11.5 Å². The van der Waals surface area contributed by atoms with Crippen molar-refractivity contribution in [2.45, 2.75) is 12.5 Å². The van der Waals surface area contributed by atoms with Crippen molar-refractivity contribution < 1.29 is 19.0 Å². The molecule has 5 nitrogen and oxygen atoms in total. The number of ether oxygens (including phenoxy) is 3. The van der Waals surface area contributed by atoms with E-state index < -0.39 is 6.10 Å². The smallest absolute Gasteiger partial charge is 0.231 e. The SMILES string of the molecule is O=C1N=[C-]OC1Cc1ccc2c(c1)OCO2. The lowest BCUT2D eigenvalue weighted by atomic mass is 10.1. The van der Waals surface area contributed by atoms with Crippen LogP contribution >= 0.6 is 0 Å². The van der Waals surface area contributed by atoms with Gasteiger partial charge in [0.25, 0.3) is 0 Å². The lowest BCUT2D eigenvalue weighted by Crippen LogP contribution is -2.19. The highest BCUT2D eigenvalue weighted by Crippen LogP contribution is 2.33. The fourth-order valence-corrected chi connectivity index (χ4v) is 1.67. The maximum absolute atomic E-state index is 11.2. The van der Waals surface area contributed by atoms with Gasteiger partial charge in [-0.15, -0.1) is 0 Å². The average molecular weight is 218 g/mol. The van der Waals surface area contributed by atoms with Gasteiger partial charge in [0.2, 0.25) is 6.79 Å². The molecular formula is C11H8NO4-. The second kappa shape index (κ2) is 3.52. The summed E-state index contributed by atoms with van der Waals surface area (Å²) in [5.74, 6) is 1.13. The molecule has 16 heavy (non-hydrogen) atoms. The maximum atomic E-state index is 11.2. The average Bonchev–Trinajstić information content (AvgIpc) is 2.88. The Morgan fingerprint density at radius 1 is 1.38 bits per heavy atom. The van der Waals surface area contributed by atoms with Crippen LogP contribution in [0.4, 0.5) is 0 Å². The van der Waals surface area contributed by atoms with E-state index in [1.807, 2.05) is 18.2 Å². The Balaban J connectivity index is 1.78. The van der Waals surface area contributed by atoms with E-state index in [1.54, 1.807) is 0 Å². The first-order valence-electron chi connectivity index (χ1n) is 4.87. The van der Waals surface area contributed by atoms with E-state index >= 15 is 0 Å². The number of fused-ring (bicyclic) bond motifs is 1. The molecule has 0 aromatic heterocycles. The largest absolute Gasteiger partial charge is 0.577 e. The van der Waals surface area contributed by atoms with E-state index in [1.165, 1.54) is 0 Å². The van der Waals surface area contributed by atoms with Gasteiger partial charge in [-0.2, -0.15) is 0 Å². The molecule has 0 N–H and O–H groups in total. The van der Waals surface area contributed by atoms with E-state index in [0.717, 1.165) is 11.3 Å². The van der Waals surface area contributed by atoms with Gasteiger partial charge in [0, 0.05) is 12.8 Å². The summed E-state index contributed by atoms with van der Waals surface area (Å²) >= 11 is 0. The summed E-state index contributed by atoms with van der Waals surface area (Å²) in [5.41, 5.74) is 0.946. The van der Waals surface area contributed by atoms with Crippen molar-refractivity contribution in [3.05, 3.63) is 23.8 Å². The fraction of sp³-hybridized carbons (Fsp3) is 0.273.